The fourth-order valence-corrected chi connectivity index (χ4v) is 1.66. The lowest BCUT2D eigenvalue weighted by atomic mass is 10.2. The van der Waals surface area contributed by atoms with Crippen LogP contribution in [0.15, 0.2) is 36.0 Å². The molecule has 0 aliphatic heterocycles. The van der Waals surface area contributed by atoms with Crippen LogP contribution in [0.4, 0.5) is 0 Å². The lowest BCUT2D eigenvalue weighted by Crippen LogP contribution is -2.33. The molecule has 21 heavy (non-hydrogen) atoms. The van der Waals surface area contributed by atoms with Gasteiger partial charge in [0, 0.05) is 24.4 Å². The summed E-state index contributed by atoms with van der Waals surface area (Å²) in [6.45, 7) is 4.35. The Kier molecular flexibility index (Phi) is 6.82. The van der Waals surface area contributed by atoms with Gasteiger partial charge in [-0.2, -0.15) is 5.26 Å². The average molecular weight is 287 g/mol. The highest BCUT2D eigenvalue weighted by Crippen LogP contribution is 2.16. The van der Waals surface area contributed by atoms with Crippen LogP contribution in [-0.4, -0.2) is 19.1 Å². The van der Waals surface area contributed by atoms with E-state index in [1.807, 2.05) is 44.2 Å². The summed E-state index contributed by atoms with van der Waals surface area (Å²) in [4.78, 5) is 11.8. The molecular formula is C16H21N3O2. The van der Waals surface area contributed by atoms with E-state index in [0.29, 0.717) is 6.54 Å². The standard InChI is InChI=1S/C16H21N3O2/c1-4-12(2)19-16(20)14(9-17)11-18-10-13-7-5-6-8-15(13)21-3/h5-8,11-12,18H,4,10H2,1-3H3,(H,19,20)/b14-11-. The first kappa shape index (κ1) is 16.6. The highest BCUT2D eigenvalue weighted by Gasteiger charge is 2.11. The molecule has 0 radical (unpaired) electrons. The molecular weight excluding hydrogens is 266 g/mol. The number of carbonyl (C=O) groups is 1. The Morgan fingerprint density at radius 3 is 2.81 bits per heavy atom. The van der Waals surface area contributed by atoms with Crippen molar-refractivity contribution in [1.82, 2.24) is 10.6 Å². The summed E-state index contributed by atoms with van der Waals surface area (Å²) in [7, 11) is 1.61. The Balaban J connectivity index is 2.65. The molecule has 0 spiro atoms. The molecule has 0 aliphatic carbocycles. The topological polar surface area (TPSA) is 74.2 Å². The van der Waals surface area contributed by atoms with Crippen LogP contribution in [0.5, 0.6) is 5.75 Å². The maximum Gasteiger partial charge on any atom is 0.263 e. The first-order valence-electron chi connectivity index (χ1n) is 6.88. The van der Waals surface area contributed by atoms with Gasteiger partial charge in [0.1, 0.15) is 17.4 Å². The van der Waals surface area contributed by atoms with Gasteiger partial charge in [0.25, 0.3) is 5.91 Å². The molecule has 1 atom stereocenters. The molecule has 0 fully saturated rings. The molecule has 5 nitrogen and oxygen atoms in total. The predicted molar refractivity (Wildman–Crippen MR) is 81.4 cm³/mol. The third-order valence-electron chi connectivity index (χ3n) is 3.09. The number of amides is 1. The van der Waals surface area contributed by atoms with Gasteiger partial charge in [0.15, 0.2) is 0 Å². The van der Waals surface area contributed by atoms with E-state index in [4.69, 9.17) is 10.00 Å². The third kappa shape index (κ3) is 5.19. The average Bonchev–Trinajstić information content (AvgIpc) is 2.51. The van der Waals surface area contributed by atoms with Gasteiger partial charge in [-0.15, -0.1) is 0 Å². The van der Waals surface area contributed by atoms with Gasteiger partial charge in [-0.05, 0) is 19.4 Å². The molecule has 0 aromatic heterocycles. The van der Waals surface area contributed by atoms with E-state index in [1.165, 1.54) is 6.20 Å². The Bertz CT molecular complexity index is 547. The zero-order valence-electron chi connectivity index (χ0n) is 12.6. The number of ether oxygens (including phenoxy) is 1. The van der Waals surface area contributed by atoms with Gasteiger partial charge in [-0.25, -0.2) is 0 Å². The van der Waals surface area contributed by atoms with E-state index >= 15 is 0 Å². The number of nitriles is 1. The molecule has 112 valence electrons. The van der Waals surface area contributed by atoms with Crippen molar-refractivity contribution in [3.8, 4) is 11.8 Å². The quantitative estimate of drug-likeness (QED) is 0.595. The van der Waals surface area contributed by atoms with Crippen LogP contribution in [0, 0.1) is 11.3 Å². The summed E-state index contributed by atoms with van der Waals surface area (Å²) in [5.74, 6) is 0.403. The summed E-state index contributed by atoms with van der Waals surface area (Å²) in [5.41, 5.74) is 1.01. The second-order valence-electron chi connectivity index (χ2n) is 4.65. The van der Waals surface area contributed by atoms with Crippen LogP contribution in [0.25, 0.3) is 0 Å². The van der Waals surface area contributed by atoms with Gasteiger partial charge in [0.2, 0.25) is 0 Å². The molecule has 1 rings (SSSR count). The van der Waals surface area contributed by atoms with E-state index in [9.17, 15) is 4.79 Å². The molecule has 0 aliphatic rings. The number of benzene rings is 1. The summed E-state index contributed by atoms with van der Waals surface area (Å²) < 4.78 is 5.24. The monoisotopic (exact) mass is 287 g/mol. The van der Waals surface area contributed by atoms with Crippen molar-refractivity contribution < 1.29 is 9.53 Å². The molecule has 1 aromatic rings. The van der Waals surface area contributed by atoms with Crippen LogP contribution < -0.4 is 15.4 Å². The number of methoxy groups -OCH3 is 1. The Hall–Kier alpha value is -2.48. The van der Waals surface area contributed by atoms with Crippen LogP contribution in [0.2, 0.25) is 0 Å². The van der Waals surface area contributed by atoms with Crippen molar-refractivity contribution in [2.75, 3.05) is 7.11 Å². The fourth-order valence-electron chi connectivity index (χ4n) is 1.66. The van der Waals surface area contributed by atoms with Gasteiger partial charge in [0.05, 0.1) is 7.11 Å². The molecule has 5 heteroatoms. The van der Waals surface area contributed by atoms with E-state index in [1.54, 1.807) is 7.11 Å². The van der Waals surface area contributed by atoms with Crippen LogP contribution in [0.1, 0.15) is 25.8 Å². The number of nitrogens with zero attached hydrogens (tertiary/aromatic N) is 1. The van der Waals surface area contributed by atoms with Gasteiger partial charge in [-0.3, -0.25) is 4.79 Å². The predicted octanol–water partition coefficient (Wildman–Crippen LogP) is 2.11. The van der Waals surface area contributed by atoms with Crippen molar-refractivity contribution in [3.63, 3.8) is 0 Å². The largest absolute Gasteiger partial charge is 0.496 e. The molecule has 1 unspecified atom stereocenters. The number of para-hydroxylation sites is 1. The number of hydrogen-bond acceptors (Lipinski definition) is 4. The molecule has 0 bridgehead atoms. The van der Waals surface area contributed by atoms with Gasteiger partial charge in [-0.1, -0.05) is 25.1 Å². The van der Waals surface area contributed by atoms with Crippen molar-refractivity contribution >= 4 is 5.91 Å². The molecule has 1 aromatic carbocycles. The molecule has 0 saturated heterocycles. The van der Waals surface area contributed by atoms with Gasteiger partial charge < -0.3 is 15.4 Å². The highest BCUT2D eigenvalue weighted by atomic mass is 16.5. The van der Waals surface area contributed by atoms with E-state index in [-0.39, 0.29) is 17.5 Å². The van der Waals surface area contributed by atoms with Crippen molar-refractivity contribution in [1.29, 1.82) is 5.26 Å². The first-order chi connectivity index (χ1) is 10.1. The minimum absolute atomic E-state index is 0.0449. The molecule has 2 N–H and O–H groups in total. The van der Waals surface area contributed by atoms with Crippen molar-refractivity contribution in [2.24, 2.45) is 0 Å². The lowest BCUT2D eigenvalue weighted by Gasteiger charge is -2.11. The third-order valence-corrected chi connectivity index (χ3v) is 3.09. The number of carbonyl (C=O) groups excluding carboxylic acids is 1. The van der Waals surface area contributed by atoms with Crippen molar-refractivity contribution in [2.45, 2.75) is 32.9 Å². The summed E-state index contributed by atoms with van der Waals surface area (Å²) in [6.07, 6.45) is 2.25. The minimum Gasteiger partial charge on any atom is -0.496 e. The van der Waals surface area contributed by atoms with Gasteiger partial charge >= 0.3 is 0 Å². The van der Waals surface area contributed by atoms with Crippen LogP contribution >= 0.6 is 0 Å². The second kappa shape index (κ2) is 8.64. The van der Waals surface area contributed by atoms with E-state index in [0.717, 1.165) is 17.7 Å². The zero-order chi connectivity index (χ0) is 15.7. The van der Waals surface area contributed by atoms with Crippen molar-refractivity contribution in [3.05, 3.63) is 41.6 Å². The second-order valence-corrected chi connectivity index (χ2v) is 4.65. The SMILES string of the molecule is CCC(C)NC(=O)/C(C#N)=C\NCc1ccccc1OC. The Morgan fingerprint density at radius 2 is 2.19 bits per heavy atom. The smallest absolute Gasteiger partial charge is 0.263 e. The number of hydrogen-bond donors (Lipinski definition) is 2. The Labute approximate surface area is 125 Å². The van der Waals surface area contributed by atoms with E-state index in [2.05, 4.69) is 10.6 Å². The lowest BCUT2D eigenvalue weighted by molar-refractivity contribution is -0.117. The number of nitrogens with one attached hydrogen (secondary N) is 2. The summed E-state index contributed by atoms with van der Waals surface area (Å²) in [5, 5.41) is 14.8. The first-order valence-corrected chi connectivity index (χ1v) is 6.88. The zero-order valence-corrected chi connectivity index (χ0v) is 12.6. The van der Waals surface area contributed by atoms with E-state index < -0.39 is 0 Å². The Morgan fingerprint density at radius 1 is 1.48 bits per heavy atom. The normalized spacial score (nSPS) is 12.2. The van der Waals surface area contributed by atoms with Crippen LogP contribution in [0.3, 0.4) is 0 Å². The number of rotatable bonds is 7. The summed E-state index contributed by atoms with van der Waals surface area (Å²) in [6, 6.07) is 9.52. The van der Waals surface area contributed by atoms with Crippen LogP contribution in [-0.2, 0) is 11.3 Å². The maximum atomic E-state index is 11.8. The highest BCUT2D eigenvalue weighted by molar-refractivity contribution is 5.97. The maximum absolute atomic E-state index is 11.8. The molecule has 0 heterocycles. The fraction of sp³-hybridized carbons (Fsp3) is 0.375. The molecule has 1 amide bonds. The summed E-state index contributed by atoms with van der Waals surface area (Å²) >= 11 is 0. The molecule has 0 saturated carbocycles. The minimum atomic E-state index is -0.362.